The number of carbonyl (C=O) groups is 1. The third-order valence-corrected chi connectivity index (χ3v) is 3.56. The number of aromatic nitrogens is 2. The lowest BCUT2D eigenvalue weighted by molar-refractivity contribution is 0.0517. The molecule has 1 heterocycles. The molecule has 5 heteroatoms. The molecule has 0 atom stereocenters. The molecule has 0 bridgehead atoms. The van der Waals surface area contributed by atoms with E-state index in [1.54, 1.807) is 6.92 Å². The maximum atomic E-state index is 11.8. The van der Waals surface area contributed by atoms with E-state index in [9.17, 15) is 4.79 Å². The molecule has 0 amide bonds. The van der Waals surface area contributed by atoms with Gasteiger partial charge in [-0.15, -0.1) is 0 Å². The van der Waals surface area contributed by atoms with Crippen molar-refractivity contribution in [2.45, 2.75) is 44.9 Å². The van der Waals surface area contributed by atoms with Gasteiger partial charge in [-0.05, 0) is 35.7 Å². The predicted molar refractivity (Wildman–Crippen MR) is 68.1 cm³/mol. The summed E-state index contributed by atoms with van der Waals surface area (Å²) in [5.41, 5.74) is 1.39. The molecule has 17 heavy (non-hydrogen) atoms. The van der Waals surface area contributed by atoms with E-state index >= 15 is 0 Å². The highest BCUT2D eigenvalue weighted by atomic mass is 79.9. The number of imidazole rings is 1. The fourth-order valence-electron chi connectivity index (χ4n) is 2.40. The largest absolute Gasteiger partial charge is 0.461 e. The summed E-state index contributed by atoms with van der Waals surface area (Å²) in [6.07, 6.45) is 6.00. The molecule has 1 fully saturated rings. The van der Waals surface area contributed by atoms with Gasteiger partial charge in [0.15, 0.2) is 10.4 Å². The first kappa shape index (κ1) is 12.6. The fourth-order valence-corrected chi connectivity index (χ4v) is 2.79. The molecule has 4 nitrogen and oxygen atoms in total. The van der Waals surface area contributed by atoms with Gasteiger partial charge in [-0.1, -0.05) is 19.3 Å². The van der Waals surface area contributed by atoms with Gasteiger partial charge in [0.05, 0.1) is 12.3 Å². The zero-order valence-electron chi connectivity index (χ0n) is 9.96. The van der Waals surface area contributed by atoms with E-state index in [-0.39, 0.29) is 5.97 Å². The number of nitrogens with zero attached hydrogens (tertiary/aromatic N) is 1. The van der Waals surface area contributed by atoms with E-state index in [1.807, 2.05) is 0 Å². The van der Waals surface area contributed by atoms with Crippen molar-refractivity contribution >= 4 is 21.9 Å². The van der Waals surface area contributed by atoms with Crippen molar-refractivity contribution in [3.8, 4) is 0 Å². The van der Waals surface area contributed by atoms with Gasteiger partial charge in [-0.2, -0.15) is 0 Å². The number of hydrogen-bond acceptors (Lipinski definition) is 3. The topological polar surface area (TPSA) is 55.0 Å². The SMILES string of the molecule is CCOC(=O)c1nc(Br)[nH]c1C1CCCCC1. The lowest BCUT2D eigenvalue weighted by Crippen LogP contribution is -2.13. The number of carbonyl (C=O) groups excluding carboxylic acids is 1. The molecular weight excluding hydrogens is 284 g/mol. The van der Waals surface area contributed by atoms with Crippen LogP contribution in [0.2, 0.25) is 0 Å². The Balaban J connectivity index is 2.22. The number of ether oxygens (including phenoxy) is 1. The van der Waals surface area contributed by atoms with E-state index in [0.29, 0.717) is 23.0 Å². The number of hydrogen-bond donors (Lipinski definition) is 1. The van der Waals surface area contributed by atoms with Gasteiger partial charge in [0.25, 0.3) is 0 Å². The Hall–Kier alpha value is -0.840. The smallest absolute Gasteiger partial charge is 0.358 e. The van der Waals surface area contributed by atoms with Gasteiger partial charge in [0, 0.05) is 5.92 Å². The Kier molecular flexibility index (Phi) is 4.20. The van der Waals surface area contributed by atoms with Crippen molar-refractivity contribution in [3.63, 3.8) is 0 Å². The summed E-state index contributed by atoms with van der Waals surface area (Å²) in [5.74, 6) is 0.0944. The number of H-pyrrole nitrogens is 1. The van der Waals surface area contributed by atoms with Gasteiger partial charge >= 0.3 is 5.97 Å². The highest BCUT2D eigenvalue weighted by Gasteiger charge is 2.25. The number of nitrogens with one attached hydrogen (secondary N) is 1. The molecular formula is C12H17BrN2O2. The van der Waals surface area contributed by atoms with Crippen LogP contribution < -0.4 is 0 Å². The Morgan fingerprint density at radius 1 is 1.47 bits per heavy atom. The fraction of sp³-hybridized carbons (Fsp3) is 0.667. The summed E-state index contributed by atoms with van der Waals surface area (Å²) in [4.78, 5) is 19.1. The maximum Gasteiger partial charge on any atom is 0.358 e. The molecule has 0 spiro atoms. The summed E-state index contributed by atoms with van der Waals surface area (Å²) in [5, 5.41) is 0. The number of halogens is 1. The molecule has 1 aliphatic rings. The zero-order chi connectivity index (χ0) is 12.3. The average molecular weight is 301 g/mol. The highest BCUT2D eigenvalue weighted by Crippen LogP contribution is 2.34. The standard InChI is InChI=1S/C12H17BrN2O2/c1-2-17-11(16)10-9(14-12(13)15-10)8-6-4-3-5-7-8/h8H,2-7H2,1H3,(H,14,15). The normalized spacial score (nSPS) is 17.1. The monoisotopic (exact) mass is 300 g/mol. The molecule has 0 saturated heterocycles. The first-order chi connectivity index (χ1) is 8.22. The Morgan fingerprint density at radius 3 is 2.82 bits per heavy atom. The van der Waals surface area contributed by atoms with Crippen LogP contribution in [0.1, 0.15) is 61.1 Å². The van der Waals surface area contributed by atoms with Crippen LogP contribution >= 0.6 is 15.9 Å². The van der Waals surface area contributed by atoms with Crippen LogP contribution in [-0.2, 0) is 4.74 Å². The molecule has 0 unspecified atom stereocenters. The van der Waals surface area contributed by atoms with Crippen molar-refractivity contribution < 1.29 is 9.53 Å². The van der Waals surface area contributed by atoms with Crippen molar-refractivity contribution in [1.29, 1.82) is 0 Å². The van der Waals surface area contributed by atoms with E-state index < -0.39 is 0 Å². The van der Waals surface area contributed by atoms with E-state index in [0.717, 1.165) is 18.5 Å². The van der Waals surface area contributed by atoms with E-state index in [2.05, 4.69) is 25.9 Å². The van der Waals surface area contributed by atoms with Gasteiger partial charge in [0.2, 0.25) is 0 Å². The van der Waals surface area contributed by atoms with Crippen LogP contribution in [-0.4, -0.2) is 22.5 Å². The third kappa shape index (κ3) is 2.89. The molecule has 0 radical (unpaired) electrons. The van der Waals surface area contributed by atoms with Crippen LogP contribution in [0.25, 0.3) is 0 Å². The summed E-state index contributed by atoms with van der Waals surface area (Å²) in [7, 11) is 0. The second kappa shape index (κ2) is 5.67. The number of rotatable bonds is 3. The van der Waals surface area contributed by atoms with Gasteiger partial charge in [0.1, 0.15) is 0 Å². The third-order valence-electron chi connectivity index (χ3n) is 3.19. The maximum absolute atomic E-state index is 11.8. The van der Waals surface area contributed by atoms with E-state index in [1.165, 1.54) is 19.3 Å². The Morgan fingerprint density at radius 2 is 2.18 bits per heavy atom. The summed E-state index contributed by atoms with van der Waals surface area (Å²) >= 11 is 3.29. The van der Waals surface area contributed by atoms with Crippen LogP contribution in [0.3, 0.4) is 0 Å². The van der Waals surface area contributed by atoms with Crippen molar-refractivity contribution in [2.75, 3.05) is 6.61 Å². The minimum Gasteiger partial charge on any atom is -0.461 e. The minimum absolute atomic E-state index is 0.324. The molecule has 1 N–H and O–H groups in total. The van der Waals surface area contributed by atoms with Gasteiger partial charge < -0.3 is 9.72 Å². The molecule has 1 aromatic heterocycles. The quantitative estimate of drug-likeness (QED) is 0.871. The van der Waals surface area contributed by atoms with Crippen LogP contribution in [0.5, 0.6) is 0 Å². The highest BCUT2D eigenvalue weighted by molar-refractivity contribution is 9.10. The van der Waals surface area contributed by atoms with Crippen LogP contribution in [0, 0.1) is 0 Å². The van der Waals surface area contributed by atoms with Crippen LogP contribution in [0.4, 0.5) is 0 Å². The van der Waals surface area contributed by atoms with Crippen molar-refractivity contribution in [3.05, 3.63) is 16.1 Å². The molecule has 1 saturated carbocycles. The predicted octanol–water partition coefficient (Wildman–Crippen LogP) is 3.40. The molecule has 0 aliphatic heterocycles. The lowest BCUT2D eigenvalue weighted by atomic mass is 9.86. The minimum atomic E-state index is -0.324. The molecule has 1 aliphatic carbocycles. The second-order valence-corrected chi connectivity index (χ2v) is 5.10. The zero-order valence-corrected chi connectivity index (χ0v) is 11.5. The van der Waals surface area contributed by atoms with Crippen LogP contribution in [0.15, 0.2) is 4.73 Å². The second-order valence-electron chi connectivity index (χ2n) is 4.35. The molecule has 94 valence electrons. The molecule has 0 aromatic carbocycles. The first-order valence-electron chi connectivity index (χ1n) is 6.15. The summed E-state index contributed by atoms with van der Waals surface area (Å²) < 4.78 is 5.64. The van der Waals surface area contributed by atoms with Gasteiger partial charge in [-0.3, -0.25) is 0 Å². The lowest BCUT2D eigenvalue weighted by Gasteiger charge is -2.20. The summed E-state index contributed by atoms with van der Waals surface area (Å²) in [6, 6.07) is 0. The number of esters is 1. The van der Waals surface area contributed by atoms with E-state index in [4.69, 9.17) is 4.74 Å². The molecule has 1 aromatic rings. The van der Waals surface area contributed by atoms with Gasteiger partial charge in [-0.25, -0.2) is 9.78 Å². The Bertz CT molecular complexity index is 397. The average Bonchev–Trinajstić information content (AvgIpc) is 2.73. The van der Waals surface area contributed by atoms with Crippen molar-refractivity contribution in [1.82, 2.24) is 9.97 Å². The van der Waals surface area contributed by atoms with Crippen molar-refractivity contribution in [2.24, 2.45) is 0 Å². The summed E-state index contributed by atoms with van der Waals surface area (Å²) in [6.45, 7) is 2.19. The first-order valence-corrected chi connectivity index (χ1v) is 6.94. The molecule has 2 rings (SSSR count). The number of aromatic amines is 1. The Labute approximate surface area is 109 Å².